The summed E-state index contributed by atoms with van der Waals surface area (Å²) in [6, 6.07) is 5.34. The molecule has 0 saturated carbocycles. The third kappa shape index (κ3) is 4.39. The molecule has 1 aliphatic rings. The third-order valence-corrected chi connectivity index (χ3v) is 5.41. The summed E-state index contributed by atoms with van der Waals surface area (Å²) in [5.74, 6) is 0.553. The van der Waals surface area contributed by atoms with Crippen molar-refractivity contribution in [1.29, 1.82) is 0 Å². The summed E-state index contributed by atoms with van der Waals surface area (Å²) in [6.07, 6.45) is -2.25. The normalized spacial score (nSPS) is 16.2. The molecule has 0 aliphatic carbocycles. The van der Waals surface area contributed by atoms with Crippen LogP contribution >= 0.6 is 0 Å². The number of hydrogen-bond acceptors (Lipinski definition) is 5. The summed E-state index contributed by atoms with van der Waals surface area (Å²) < 4.78 is 57.7. The Morgan fingerprint density at radius 2 is 1.90 bits per heavy atom. The lowest BCUT2D eigenvalue weighted by Crippen LogP contribution is -2.34. The first-order chi connectivity index (χ1) is 13.8. The van der Waals surface area contributed by atoms with Crippen LogP contribution < -0.4 is 16.2 Å². The molecule has 0 spiro atoms. The first kappa shape index (κ1) is 21.2. The van der Waals surface area contributed by atoms with Gasteiger partial charge in [0.2, 0.25) is 0 Å². The zero-order valence-electron chi connectivity index (χ0n) is 16.1. The van der Waals surface area contributed by atoms with E-state index in [1.54, 1.807) is 6.07 Å². The lowest BCUT2D eigenvalue weighted by molar-refractivity contribution is -0.137. The summed E-state index contributed by atoms with van der Waals surface area (Å²) >= 11 is 0. The first-order valence-electron chi connectivity index (χ1n) is 9.34. The van der Waals surface area contributed by atoms with Crippen LogP contribution in [-0.4, -0.2) is 43.3 Å². The van der Waals surface area contributed by atoms with E-state index < -0.39 is 17.4 Å². The van der Waals surface area contributed by atoms with Crippen LogP contribution in [0.1, 0.15) is 29.9 Å². The number of methoxy groups -OCH3 is 1. The number of aromatic nitrogens is 1. The summed E-state index contributed by atoms with van der Waals surface area (Å²) in [5.41, 5.74) is 11.6. The zero-order chi connectivity index (χ0) is 21.2. The third-order valence-electron chi connectivity index (χ3n) is 5.41. The smallest absolute Gasteiger partial charge is 0.419 e. The first-order valence-corrected chi connectivity index (χ1v) is 9.34. The highest BCUT2D eigenvalue weighted by atomic mass is 19.4. The number of piperidine rings is 1. The SMILES string of the molecule is COc1cc(C2CCN(CCF)CC2)ccc1-c1c(N)ncc(C(F)(F)F)c1N. The molecule has 1 aromatic carbocycles. The van der Waals surface area contributed by atoms with Gasteiger partial charge in [0.15, 0.2) is 0 Å². The molecule has 4 N–H and O–H groups in total. The van der Waals surface area contributed by atoms with Crippen molar-refractivity contribution in [3.8, 4) is 16.9 Å². The number of pyridine rings is 1. The summed E-state index contributed by atoms with van der Waals surface area (Å²) in [7, 11) is 1.44. The van der Waals surface area contributed by atoms with Crippen molar-refractivity contribution in [3.05, 3.63) is 35.5 Å². The molecule has 3 rings (SSSR count). The van der Waals surface area contributed by atoms with Crippen LogP contribution in [-0.2, 0) is 6.18 Å². The van der Waals surface area contributed by atoms with Crippen molar-refractivity contribution >= 4 is 11.5 Å². The second-order valence-corrected chi connectivity index (χ2v) is 7.11. The van der Waals surface area contributed by atoms with Crippen molar-refractivity contribution in [2.24, 2.45) is 0 Å². The molecule has 1 aliphatic heterocycles. The number of halogens is 4. The van der Waals surface area contributed by atoms with Gasteiger partial charge in [-0.3, -0.25) is 0 Å². The monoisotopic (exact) mass is 412 g/mol. The Kier molecular flexibility index (Phi) is 6.16. The Labute approximate surface area is 166 Å². The van der Waals surface area contributed by atoms with Crippen LogP contribution in [0, 0.1) is 0 Å². The van der Waals surface area contributed by atoms with Gasteiger partial charge in [0.25, 0.3) is 0 Å². The van der Waals surface area contributed by atoms with Crippen molar-refractivity contribution in [1.82, 2.24) is 9.88 Å². The van der Waals surface area contributed by atoms with Gasteiger partial charge in [-0.2, -0.15) is 13.2 Å². The molecule has 158 valence electrons. The van der Waals surface area contributed by atoms with Gasteiger partial charge < -0.3 is 21.1 Å². The summed E-state index contributed by atoms with van der Waals surface area (Å²) in [4.78, 5) is 5.76. The average molecular weight is 412 g/mol. The largest absolute Gasteiger partial charge is 0.496 e. The summed E-state index contributed by atoms with van der Waals surface area (Å²) in [5, 5.41) is 0. The molecule has 2 heterocycles. The molecule has 9 heteroatoms. The maximum Gasteiger partial charge on any atom is 0.419 e. The minimum atomic E-state index is -4.64. The molecule has 2 aromatic rings. The van der Waals surface area contributed by atoms with Gasteiger partial charge in [0.05, 0.1) is 23.9 Å². The van der Waals surface area contributed by atoms with E-state index >= 15 is 0 Å². The van der Waals surface area contributed by atoms with Crippen molar-refractivity contribution in [3.63, 3.8) is 0 Å². The summed E-state index contributed by atoms with van der Waals surface area (Å²) in [6.45, 7) is 1.68. The molecule has 0 unspecified atom stereocenters. The van der Waals surface area contributed by atoms with E-state index in [2.05, 4.69) is 9.88 Å². The van der Waals surface area contributed by atoms with Gasteiger partial charge in [-0.1, -0.05) is 12.1 Å². The standard InChI is InChI=1S/C20H24F4N4O/c1-29-16-10-13(12-4-7-28(8-5-12)9-6-21)2-3-14(16)17-18(25)15(20(22,23)24)11-27-19(17)26/h2-3,10-12H,4-9H2,1H3,(H4,25,26,27). The lowest BCUT2D eigenvalue weighted by atomic mass is 9.88. The van der Waals surface area contributed by atoms with Gasteiger partial charge in [-0.25, -0.2) is 9.37 Å². The van der Waals surface area contributed by atoms with E-state index in [0.29, 0.717) is 24.1 Å². The quantitative estimate of drug-likeness (QED) is 0.724. The molecule has 1 aromatic heterocycles. The average Bonchev–Trinajstić information content (AvgIpc) is 2.68. The molecule has 0 amide bonds. The maximum atomic E-state index is 13.2. The fourth-order valence-electron chi connectivity index (χ4n) is 3.83. The highest BCUT2D eigenvalue weighted by Gasteiger charge is 2.35. The number of hydrogen-bond donors (Lipinski definition) is 2. The van der Waals surface area contributed by atoms with E-state index in [0.717, 1.165) is 31.5 Å². The Bertz CT molecular complexity index is 864. The number of nitrogens with zero attached hydrogens (tertiary/aromatic N) is 2. The van der Waals surface area contributed by atoms with E-state index in [-0.39, 0.29) is 24.0 Å². The van der Waals surface area contributed by atoms with Gasteiger partial charge in [0, 0.05) is 18.3 Å². The van der Waals surface area contributed by atoms with Crippen LogP contribution in [0.4, 0.5) is 29.1 Å². The van der Waals surface area contributed by atoms with E-state index in [4.69, 9.17) is 16.2 Å². The van der Waals surface area contributed by atoms with Gasteiger partial charge in [-0.05, 0) is 43.5 Å². The van der Waals surface area contributed by atoms with E-state index in [9.17, 15) is 17.6 Å². The minimum Gasteiger partial charge on any atom is -0.496 e. The zero-order valence-corrected chi connectivity index (χ0v) is 16.1. The molecule has 1 saturated heterocycles. The van der Waals surface area contributed by atoms with E-state index in [1.807, 2.05) is 12.1 Å². The molecular weight excluding hydrogens is 388 g/mol. The fourth-order valence-corrected chi connectivity index (χ4v) is 3.83. The second-order valence-electron chi connectivity index (χ2n) is 7.11. The molecule has 1 fully saturated rings. The number of likely N-dealkylation sites (tertiary alicyclic amines) is 1. The topological polar surface area (TPSA) is 77.4 Å². The maximum absolute atomic E-state index is 13.2. The minimum absolute atomic E-state index is 0.0148. The van der Waals surface area contributed by atoms with Crippen LogP contribution in [0.3, 0.4) is 0 Å². The Morgan fingerprint density at radius 3 is 2.48 bits per heavy atom. The van der Waals surface area contributed by atoms with Crippen molar-refractivity contribution in [2.75, 3.05) is 44.9 Å². The molecule has 29 heavy (non-hydrogen) atoms. The molecule has 5 nitrogen and oxygen atoms in total. The van der Waals surface area contributed by atoms with Gasteiger partial charge in [-0.15, -0.1) is 0 Å². The molecular formula is C20H24F4N4O. The Balaban J connectivity index is 1.95. The van der Waals surface area contributed by atoms with Gasteiger partial charge in [0.1, 0.15) is 18.2 Å². The Morgan fingerprint density at radius 1 is 1.21 bits per heavy atom. The predicted molar refractivity (Wildman–Crippen MR) is 104 cm³/mol. The highest BCUT2D eigenvalue weighted by Crippen LogP contribution is 2.44. The lowest BCUT2D eigenvalue weighted by Gasteiger charge is -2.31. The van der Waals surface area contributed by atoms with Crippen molar-refractivity contribution < 1.29 is 22.3 Å². The second kappa shape index (κ2) is 8.44. The number of nitrogen functional groups attached to an aromatic ring is 2. The predicted octanol–water partition coefficient (Wildman–Crippen LogP) is 4.09. The highest BCUT2D eigenvalue weighted by molar-refractivity contribution is 5.89. The van der Waals surface area contributed by atoms with Crippen LogP contribution in [0.2, 0.25) is 0 Å². The number of anilines is 2. The molecule has 0 radical (unpaired) electrons. The fraction of sp³-hybridized carbons (Fsp3) is 0.450. The number of ether oxygens (including phenoxy) is 1. The van der Waals surface area contributed by atoms with E-state index in [1.165, 1.54) is 7.11 Å². The van der Waals surface area contributed by atoms with Crippen LogP contribution in [0.25, 0.3) is 11.1 Å². The molecule has 0 bridgehead atoms. The van der Waals surface area contributed by atoms with Crippen LogP contribution in [0.5, 0.6) is 5.75 Å². The Hall–Kier alpha value is -2.55. The van der Waals surface area contributed by atoms with Crippen LogP contribution in [0.15, 0.2) is 24.4 Å². The number of rotatable bonds is 5. The van der Waals surface area contributed by atoms with Gasteiger partial charge >= 0.3 is 6.18 Å². The van der Waals surface area contributed by atoms with Crippen molar-refractivity contribution in [2.45, 2.75) is 24.9 Å². The number of nitrogens with two attached hydrogens (primary N) is 2. The molecule has 0 atom stereocenters. The number of alkyl halides is 4. The number of benzene rings is 1.